The van der Waals surface area contributed by atoms with E-state index in [1.807, 2.05) is 78.7 Å². The number of methoxy groups -OCH3 is 1. The van der Waals surface area contributed by atoms with Gasteiger partial charge in [-0.3, -0.25) is 14.6 Å². The van der Waals surface area contributed by atoms with Gasteiger partial charge in [0, 0.05) is 44.0 Å². The van der Waals surface area contributed by atoms with Crippen LogP contribution in [0.2, 0.25) is 0 Å². The zero-order valence-corrected chi connectivity index (χ0v) is 19.1. The first-order valence-electron chi connectivity index (χ1n) is 11.3. The quantitative estimate of drug-likeness (QED) is 0.560. The molecule has 0 bridgehead atoms. The van der Waals surface area contributed by atoms with Gasteiger partial charge in [0.1, 0.15) is 11.8 Å². The first kappa shape index (κ1) is 22.5. The number of aromatic nitrogens is 1. The van der Waals surface area contributed by atoms with Crippen LogP contribution in [0.5, 0.6) is 5.75 Å². The van der Waals surface area contributed by atoms with E-state index in [4.69, 9.17) is 4.74 Å². The van der Waals surface area contributed by atoms with Gasteiger partial charge >= 0.3 is 0 Å². The van der Waals surface area contributed by atoms with E-state index in [0.717, 1.165) is 22.3 Å². The van der Waals surface area contributed by atoms with Crippen LogP contribution >= 0.6 is 0 Å². The molecule has 0 unspecified atom stereocenters. The Morgan fingerprint density at radius 2 is 1.94 bits per heavy atom. The van der Waals surface area contributed by atoms with E-state index in [-0.39, 0.29) is 18.2 Å². The maximum Gasteiger partial charge on any atom is 0.245 e. The zero-order chi connectivity index (χ0) is 23.2. The fraction of sp³-hybridized carbons (Fsp3) is 0.296. The first-order chi connectivity index (χ1) is 16.1. The molecule has 2 aromatic carbocycles. The summed E-state index contributed by atoms with van der Waals surface area (Å²) in [4.78, 5) is 34.6. The molecule has 1 atom stereocenters. The molecule has 33 heavy (non-hydrogen) atoms. The molecule has 1 aliphatic rings. The van der Waals surface area contributed by atoms with Gasteiger partial charge in [-0.2, -0.15) is 0 Å². The standard InChI is InChI=1S/C27H29N3O3/c1-3-29-14-15-30(26(31)17-20-8-6-11-23(16-20)33-2)25(27(29)32)18-21-9-4-5-12-24(21)22-10-7-13-28-19-22/h4-13,16,19,25H,3,14-15,17-18H2,1-2H3/t25-/m1/s1. The third kappa shape index (κ3) is 5.06. The number of carbonyl (C=O) groups excluding carboxylic acids is 2. The van der Waals surface area contributed by atoms with Crippen molar-refractivity contribution in [3.05, 3.63) is 84.2 Å². The number of rotatable bonds is 7. The third-order valence-corrected chi connectivity index (χ3v) is 6.18. The average Bonchev–Trinajstić information content (AvgIpc) is 2.86. The second kappa shape index (κ2) is 10.3. The molecule has 0 radical (unpaired) electrons. The molecule has 3 aromatic rings. The van der Waals surface area contributed by atoms with Gasteiger partial charge in [0.05, 0.1) is 13.5 Å². The second-order valence-electron chi connectivity index (χ2n) is 8.15. The summed E-state index contributed by atoms with van der Waals surface area (Å²) in [6, 6.07) is 18.9. The molecule has 1 aromatic heterocycles. The van der Waals surface area contributed by atoms with Crippen LogP contribution in [-0.2, 0) is 22.4 Å². The van der Waals surface area contributed by atoms with Gasteiger partial charge in [-0.1, -0.05) is 42.5 Å². The van der Waals surface area contributed by atoms with Crippen molar-refractivity contribution in [3.63, 3.8) is 0 Å². The highest BCUT2D eigenvalue weighted by Crippen LogP contribution is 2.27. The second-order valence-corrected chi connectivity index (χ2v) is 8.15. The molecule has 2 heterocycles. The van der Waals surface area contributed by atoms with E-state index >= 15 is 0 Å². The van der Waals surface area contributed by atoms with E-state index in [1.54, 1.807) is 18.2 Å². The van der Waals surface area contributed by atoms with Crippen LogP contribution in [0, 0.1) is 0 Å². The summed E-state index contributed by atoms with van der Waals surface area (Å²) < 4.78 is 5.29. The smallest absolute Gasteiger partial charge is 0.245 e. The Bertz CT molecular complexity index is 1120. The minimum atomic E-state index is -0.533. The summed E-state index contributed by atoms with van der Waals surface area (Å²) >= 11 is 0. The van der Waals surface area contributed by atoms with Gasteiger partial charge in [0.25, 0.3) is 0 Å². The van der Waals surface area contributed by atoms with Crippen molar-refractivity contribution in [3.8, 4) is 16.9 Å². The molecule has 0 N–H and O–H groups in total. The Labute approximate surface area is 194 Å². The molecule has 170 valence electrons. The molecule has 0 aliphatic carbocycles. The minimum absolute atomic E-state index is 0.00346. The monoisotopic (exact) mass is 443 g/mol. The Hall–Kier alpha value is -3.67. The molecule has 1 saturated heterocycles. The molecule has 1 aliphatic heterocycles. The Balaban J connectivity index is 1.62. The summed E-state index contributed by atoms with van der Waals surface area (Å²) in [5, 5.41) is 0. The number of amides is 2. The molecule has 1 fully saturated rings. The van der Waals surface area contributed by atoms with E-state index in [2.05, 4.69) is 4.98 Å². The largest absolute Gasteiger partial charge is 0.497 e. The molecule has 6 nitrogen and oxygen atoms in total. The predicted octanol–water partition coefficient (Wildman–Crippen LogP) is 3.60. The highest BCUT2D eigenvalue weighted by Gasteiger charge is 2.37. The lowest BCUT2D eigenvalue weighted by molar-refractivity contribution is -0.150. The molecular formula is C27H29N3O3. The Morgan fingerprint density at radius 3 is 2.70 bits per heavy atom. The van der Waals surface area contributed by atoms with E-state index < -0.39 is 6.04 Å². The van der Waals surface area contributed by atoms with E-state index in [0.29, 0.717) is 31.8 Å². The summed E-state index contributed by atoms with van der Waals surface area (Å²) in [6.45, 7) is 3.70. The lowest BCUT2D eigenvalue weighted by Crippen LogP contribution is -2.59. The van der Waals surface area contributed by atoms with Gasteiger partial charge in [-0.15, -0.1) is 0 Å². The van der Waals surface area contributed by atoms with E-state index in [9.17, 15) is 9.59 Å². The number of pyridine rings is 1. The molecule has 0 spiro atoms. The number of benzene rings is 2. The fourth-order valence-electron chi connectivity index (χ4n) is 4.42. The number of ether oxygens (including phenoxy) is 1. The van der Waals surface area contributed by atoms with E-state index in [1.165, 1.54) is 0 Å². The van der Waals surface area contributed by atoms with Gasteiger partial charge in [0.2, 0.25) is 11.8 Å². The van der Waals surface area contributed by atoms with Crippen molar-refractivity contribution in [2.24, 2.45) is 0 Å². The fourth-order valence-corrected chi connectivity index (χ4v) is 4.42. The highest BCUT2D eigenvalue weighted by molar-refractivity contribution is 5.90. The van der Waals surface area contributed by atoms with Crippen LogP contribution in [0.4, 0.5) is 0 Å². The van der Waals surface area contributed by atoms with Gasteiger partial charge < -0.3 is 14.5 Å². The van der Waals surface area contributed by atoms with Crippen molar-refractivity contribution in [2.45, 2.75) is 25.8 Å². The van der Waals surface area contributed by atoms with Crippen LogP contribution in [0.1, 0.15) is 18.1 Å². The highest BCUT2D eigenvalue weighted by atomic mass is 16.5. The molecule has 0 saturated carbocycles. The summed E-state index contributed by atoms with van der Waals surface area (Å²) in [6.07, 6.45) is 4.27. The van der Waals surface area contributed by atoms with Crippen molar-refractivity contribution < 1.29 is 14.3 Å². The first-order valence-corrected chi connectivity index (χ1v) is 11.3. The Kier molecular flexibility index (Phi) is 7.03. The summed E-state index contributed by atoms with van der Waals surface area (Å²) in [7, 11) is 1.61. The van der Waals surface area contributed by atoms with Crippen molar-refractivity contribution in [1.29, 1.82) is 0 Å². The SMILES string of the molecule is CCN1CCN(C(=O)Cc2cccc(OC)c2)[C@H](Cc2ccccc2-c2cccnc2)C1=O. The normalized spacial score (nSPS) is 16.1. The average molecular weight is 444 g/mol. The minimum Gasteiger partial charge on any atom is -0.497 e. The molecule has 4 rings (SSSR count). The van der Waals surface area contributed by atoms with Crippen LogP contribution < -0.4 is 4.74 Å². The Morgan fingerprint density at radius 1 is 1.09 bits per heavy atom. The van der Waals surface area contributed by atoms with Gasteiger partial charge in [0.15, 0.2) is 0 Å². The predicted molar refractivity (Wildman–Crippen MR) is 128 cm³/mol. The summed E-state index contributed by atoms with van der Waals surface area (Å²) in [5.74, 6) is 0.675. The molecular weight excluding hydrogens is 414 g/mol. The lowest BCUT2D eigenvalue weighted by atomic mass is 9.93. The maximum absolute atomic E-state index is 13.4. The molecule has 2 amide bonds. The van der Waals surface area contributed by atoms with Gasteiger partial charge in [-0.25, -0.2) is 0 Å². The molecule has 6 heteroatoms. The van der Waals surface area contributed by atoms with Crippen LogP contribution in [-0.4, -0.2) is 59.4 Å². The van der Waals surface area contributed by atoms with Crippen LogP contribution in [0.15, 0.2) is 73.1 Å². The number of hydrogen-bond donors (Lipinski definition) is 0. The topological polar surface area (TPSA) is 62.7 Å². The van der Waals surface area contributed by atoms with Crippen molar-refractivity contribution in [2.75, 3.05) is 26.7 Å². The zero-order valence-electron chi connectivity index (χ0n) is 19.1. The number of piperazine rings is 1. The van der Waals surface area contributed by atoms with Crippen LogP contribution in [0.25, 0.3) is 11.1 Å². The number of likely N-dealkylation sites (N-methyl/N-ethyl adjacent to an activating group) is 1. The number of carbonyl (C=O) groups is 2. The number of hydrogen-bond acceptors (Lipinski definition) is 4. The third-order valence-electron chi connectivity index (χ3n) is 6.18. The number of nitrogens with zero attached hydrogens (tertiary/aromatic N) is 3. The lowest BCUT2D eigenvalue weighted by Gasteiger charge is -2.40. The summed E-state index contributed by atoms with van der Waals surface area (Å²) in [5.41, 5.74) is 3.94. The van der Waals surface area contributed by atoms with Crippen molar-refractivity contribution in [1.82, 2.24) is 14.8 Å². The van der Waals surface area contributed by atoms with Crippen molar-refractivity contribution >= 4 is 11.8 Å². The van der Waals surface area contributed by atoms with Crippen LogP contribution in [0.3, 0.4) is 0 Å². The van der Waals surface area contributed by atoms with Gasteiger partial charge in [-0.05, 0) is 41.8 Å². The maximum atomic E-state index is 13.4.